The molecule has 0 saturated heterocycles. The predicted octanol–water partition coefficient (Wildman–Crippen LogP) is 3.93. The summed E-state index contributed by atoms with van der Waals surface area (Å²) in [6.45, 7) is 6.59. The molecule has 4 rings (SSSR count). The Morgan fingerprint density at radius 2 is 2.08 bits per heavy atom. The Bertz CT molecular complexity index is 732. The largest absolute Gasteiger partial charge is 0.481 e. The monoisotopic (exact) mass is 358 g/mol. The number of hydrogen-bond acceptors (Lipinski definition) is 4. The maximum atomic E-state index is 12.0. The number of rotatable bonds is 1. The SMILES string of the molecule is CO/C(O)=C1/CC[C@H]2[C@@H]3C[C@H](C)C4=CC(=O)C=C[C@]4(C)[C@H]3[C@@H](O)C[C@]12C. The molecule has 4 heteroatoms. The van der Waals surface area contributed by atoms with Gasteiger partial charge in [0.25, 0.3) is 5.95 Å². The number of ether oxygens (including phenoxy) is 1. The number of allylic oxidation sites excluding steroid dienone is 5. The zero-order valence-corrected chi connectivity index (χ0v) is 16.2. The van der Waals surface area contributed by atoms with Gasteiger partial charge in [0.1, 0.15) is 0 Å². The fourth-order valence-corrected chi connectivity index (χ4v) is 7.04. The van der Waals surface area contributed by atoms with E-state index in [9.17, 15) is 15.0 Å². The van der Waals surface area contributed by atoms with E-state index in [4.69, 9.17) is 4.74 Å². The average molecular weight is 358 g/mol. The fourth-order valence-electron chi connectivity index (χ4n) is 7.04. The van der Waals surface area contributed by atoms with Crippen LogP contribution in [0.25, 0.3) is 0 Å². The summed E-state index contributed by atoms with van der Waals surface area (Å²) < 4.78 is 5.15. The van der Waals surface area contributed by atoms with Crippen LogP contribution in [0.1, 0.15) is 46.5 Å². The lowest BCUT2D eigenvalue weighted by molar-refractivity contribution is -0.114. The van der Waals surface area contributed by atoms with Crippen molar-refractivity contribution in [2.24, 2.45) is 34.5 Å². The first-order chi connectivity index (χ1) is 12.2. The number of hydrogen-bond donors (Lipinski definition) is 2. The normalized spacial score (nSPS) is 49.0. The van der Waals surface area contributed by atoms with Crippen LogP contribution in [0.4, 0.5) is 0 Å². The van der Waals surface area contributed by atoms with Gasteiger partial charge in [-0.05, 0) is 55.6 Å². The summed E-state index contributed by atoms with van der Waals surface area (Å²) in [5.74, 6) is 1.36. The maximum Gasteiger partial charge on any atom is 0.276 e. The third kappa shape index (κ3) is 2.20. The summed E-state index contributed by atoms with van der Waals surface area (Å²) in [5, 5.41) is 21.5. The van der Waals surface area contributed by atoms with Crippen LogP contribution in [0.2, 0.25) is 0 Å². The molecule has 26 heavy (non-hydrogen) atoms. The van der Waals surface area contributed by atoms with Gasteiger partial charge < -0.3 is 14.9 Å². The van der Waals surface area contributed by atoms with Crippen LogP contribution in [0, 0.1) is 34.5 Å². The van der Waals surface area contributed by atoms with Gasteiger partial charge in [0.2, 0.25) is 0 Å². The van der Waals surface area contributed by atoms with E-state index < -0.39 is 6.10 Å². The Hall–Kier alpha value is -1.55. The quantitative estimate of drug-likeness (QED) is 0.697. The smallest absolute Gasteiger partial charge is 0.276 e. The van der Waals surface area contributed by atoms with Gasteiger partial charge >= 0.3 is 0 Å². The van der Waals surface area contributed by atoms with Gasteiger partial charge in [0.15, 0.2) is 5.78 Å². The highest BCUT2D eigenvalue weighted by atomic mass is 16.6. The summed E-state index contributed by atoms with van der Waals surface area (Å²) in [6.07, 6.45) is 8.55. The van der Waals surface area contributed by atoms with Crippen LogP contribution in [-0.4, -0.2) is 29.2 Å². The van der Waals surface area contributed by atoms with Gasteiger partial charge in [0.05, 0.1) is 13.2 Å². The maximum absolute atomic E-state index is 12.0. The Kier molecular flexibility index (Phi) is 3.93. The minimum absolute atomic E-state index is 0.0412. The second-order valence-corrected chi connectivity index (χ2v) is 9.27. The average Bonchev–Trinajstić information content (AvgIpc) is 2.92. The van der Waals surface area contributed by atoms with Crippen molar-refractivity contribution in [3.8, 4) is 0 Å². The molecular weight excluding hydrogens is 328 g/mol. The molecule has 0 spiro atoms. The second kappa shape index (κ2) is 5.72. The Balaban J connectivity index is 1.79. The summed E-state index contributed by atoms with van der Waals surface area (Å²) >= 11 is 0. The molecule has 0 aromatic heterocycles. The predicted molar refractivity (Wildman–Crippen MR) is 99.2 cm³/mol. The molecule has 142 valence electrons. The fraction of sp³-hybridized carbons (Fsp3) is 0.682. The Morgan fingerprint density at radius 1 is 1.35 bits per heavy atom. The van der Waals surface area contributed by atoms with Crippen LogP contribution < -0.4 is 0 Å². The number of fused-ring (bicyclic) bond motifs is 5. The lowest BCUT2D eigenvalue weighted by Crippen LogP contribution is -2.56. The number of ketones is 1. The van der Waals surface area contributed by atoms with Crippen molar-refractivity contribution in [3.05, 3.63) is 35.3 Å². The minimum Gasteiger partial charge on any atom is -0.481 e. The number of methoxy groups -OCH3 is 1. The molecule has 4 nitrogen and oxygen atoms in total. The molecule has 4 aliphatic carbocycles. The zero-order chi connectivity index (χ0) is 18.9. The standard InChI is InChI=1S/C22H30O4/c1-12-9-14-15-5-6-16(20(25)26-4)22(15,3)11-18(24)19(14)21(2)8-7-13(23)10-17(12)21/h7-8,10,12,14-15,18-19,24-25H,5-6,9,11H2,1-4H3/b20-16-/t12-,14-,15-,18-,19+,21-,22-/m0/s1. The molecule has 0 bridgehead atoms. The molecule has 0 aromatic rings. The molecular formula is C22H30O4. The van der Waals surface area contributed by atoms with E-state index in [1.54, 1.807) is 12.2 Å². The molecule has 0 heterocycles. The van der Waals surface area contributed by atoms with E-state index in [0.29, 0.717) is 24.2 Å². The highest BCUT2D eigenvalue weighted by Crippen LogP contribution is 2.66. The third-order valence-electron chi connectivity index (χ3n) is 8.05. The molecule has 3 saturated carbocycles. The van der Waals surface area contributed by atoms with Gasteiger partial charge in [0, 0.05) is 22.3 Å². The first-order valence-electron chi connectivity index (χ1n) is 9.82. The number of carbonyl (C=O) groups excluding carboxylic acids is 1. The minimum atomic E-state index is -0.460. The summed E-state index contributed by atoms with van der Waals surface area (Å²) in [7, 11) is 1.51. The topological polar surface area (TPSA) is 66.8 Å². The summed E-state index contributed by atoms with van der Waals surface area (Å²) in [5.41, 5.74) is 1.68. The van der Waals surface area contributed by atoms with Crippen LogP contribution >= 0.6 is 0 Å². The van der Waals surface area contributed by atoms with E-state index >= 15 is 0 Å². The van der Waals surface area contributed by atoms with Crippen LogP contribution in [0.15, 0.2) is 35.3 Å². The van der Waals surface area contributed by atoms with Gasteiger partial charge in [-0.1, -0.05) is 32.4 Å². The van der Waals surface area contributed by atoms with Crippen molar-refractivity contribution in [1.82, 2.24) is 0 Å². The Labute approximate surface area is 155 Å². The number of aliphatic hydroxyl groups is 2. The van der Waals surface area contributed by atoms with Crippen molar-refractivity contribution in [3.63, 3.8) is 0 Å². The lowest BCUT2D eigenvalue weighted by Gasteiger charge is -2.59. The van der Waals surface area contributed by atoms with E-state index in [2.05, 4.69) is 20.8 Å². The molecule has 4 aliphatic rings. The van der Waals surface area contributed by atoms with E-state index in [1.165, 1.54) is 12.7 Å². The van der Waals surface area contributed by atoms with Gasteiger partial charge in [-0.3, -0.25) is 4.79 Å². The molecule has 0 radical (unpaired) electrons. The van der Waals surface area contributed by atoms with Crippen LogP contribution in [0.5, 0.6) is 0 Å². The van der Waals surface area contributed by atoms with Crippen LogP contribution in [-0.2, 0) is 9.53 Å². The molecule has 0 aliphatic heterocycles. The lowest BCUT2D eigenvalue weighted by atomic mass is 9.46. The highest BCUT2D eigenvalue weighted by molar-refractivity contribution is 6.01. The molecule has 2 N–H and O–H groups in total. The number of carbonyl (C=O) groups is 1. The van der Waals surface area contributed by atoms with Crippen molar-refractivity contribution in [2.45, 2.75) is 52.6 Å². The second-order valence-electron chi connectivity index (χ2n) is 9.27. The van der Waals surface area contributed by atoms with E-state index in [0.717, 1.165) is 24.8 Å². The molecule has 0 aromatic carbocycles. The first-order valence-corrected chi connectivity index (χ1v) is 9.82. The van der Waals surface area contributed by atoms with Crippen molar-refractivity contribution in [2.75, 3.05) is 7.11 Å². The highest BCUT2D eigenvalue weighted by Gasteiger charge is 2.62. The van der Waals surface area contributed by atoms with Crippen molar-refractivity contribution in [1.29, 1.82) is 0 Å². The summed E-state index contributed by atoms with van der Waals surface area (Å²) in [6, 6.07) is 0. The van der Waals surface area contributed by atoms with Crippen molar-refractivity contribution < 1.29 is 19.7 Å². The van der Waals surface area contributed by atoms with Gasteiger partial charge in [-0.2, -0.15) is 0 Å². The summed E-state index contributed by atoms with van der Waals surface area (Å²) in [4.78, 5) is 12.0. The molecule has 0 amide bonds. The molecule has 7 atom stereocenters. The third-order valence-corrected chi connectivity index (χ3v) is 8.05. The molecule has 3 fully saturated rings. The van der Waals surface area contributed by atoms with E-state index in [1.807, 2.05) is 6.08 Å². The van der Waals surface area contributed by atoms with Crippen LogP contribution in [0.3, 0.4) is 0 Å². The number of aliphatic hydroxyl groups excluding tert-OH is 2. The van der Waals surface area contributed by atoms with E-state index in [-0.39, 0.29) is 28.5 Å². The first kappa shape index (κ1) is 17.8. The molecule has 0 unspecified atom stereocenters. The van der Waals surface area contributed by atoms with Gasteiger partial charge in [-0.15, -0.1) is 0 Å². The Morgan fingerprint density at radius 3 is 2.77 bits per heavy atom. The van der Waals surface area contributed by atoms with Crippen molar-refractivity contribution >= 4 is 5.78 Å². The zero-order valence-electron chi connectivity index (χ0n) is 16.2. The van der Waals surface area contributed by atoms with Gasteiger partial charge in [-0.25, -0.2) is 0 Å².